The molecule has 0 radical (unpaired) electrons. The lowest BCUT2D eigenvalue weighted by Crippen LogP contribution is -2.27. The van der Waals surface area contributed by atoms with Crippen molar-refractivity contribution in [1.29, 1.82) is 5.26 Å². The summed E-state index contributed by atoms with van der Waals surface area (Å²) in [5, 5.41) is 27.6. The molecule has 2 aliphatic rings. The van der Waals surface area contributed by atoms with Gasteiger partial charge in [0.2, 0.25) is 5.71 Å². The first-order chi connectivity index (χ1) is 11.6. The largest absolute Gasteiger partial charge is 0.757 e. The summed E-state index contributed by atoms with van der Waals surface area (Å²) in [7, 11) is 0. The van der Waals surface area contributed by atoms with E-state index in [1.807, 2.05) is 40.9 Å². The summed E-state index contributed by atoms with van der Waals surface area (Å²) in [4.78, 5) is 2.19. The van der Waals surface area contributed by atoms with Gasteiger partial charge < -0.3 is 5.41 Å². The number of thiophene rings is 2. The number of hydrogen-bond donors (Lipinski definition) is 0. The van der Waals surface area contributed by atoms with E-state index in [0.29, 0.717) is 5.92 Å². The molecule has 4 nitrogen and oxygen atoms in total. The molecule has 24 heavy (non-hydrogen) atoms. The average Bonchev–Trinajstić information content (AvgIpc) is 3.10. The van der Waals surface area contributed by atoms with E-state index in [1.165, 1.54) is 0 Å². The molecule has 2 aromatic rings. The van der Waals surface area contributed by atoms with Crippen molar-refractivity contribution in [2.45, 2.75) is 13.8 Å². The molecule has 1 aliphatic heterocycles. The van der Waals surface area contributed by atoms with Crippen LogP contribution in [0.2, 0.25) is 0 Å². The van der Waals surface area contributed by atoms with E-state index >= 15 is 0 Å². The summed E-state index contributed by atoms with van der Waals surface area (Å²) in [6.07, 6.45) is 0. The van der Waals surface area contributed by atoms with Crippen LogP contribution in [0.5, 0.6) is 0 Å². The summed E-state index contributed by atoms with van der Waals surface area (Å²) in [6, 6.07) is 10.1. The van der Waals surface area contributed by atoms with Crippen LogP contribution in [0, 0.1) is 28.6 Å². The number of hydrazone groups is 1. The van der Waals surface area contributed by atoms with Gasteiger partial charge in [-0.2, -0.15) is 11.1 Å². The lowest BCUT2D eigenvalue weighted by Gasteiger charge is -2.09. The van der Waals surface area contributed by atoms with Crippen molar-refractivity contribution in [2.24, 2.45) is 22.4 Å². The number of fused-ring (bicyclic) bond motifs is 1. The third-order valence-electron chi connectivity index (χ3n) is 4.82. The number of nitrogens with zero attached hydrogens (tertiary/aromatic N) is 4. The van der Waals surface area contributed by atoms with Gasteiger partial charge in [-0.1, -0.05) is 26.0 Å². The third kappa shape index (κ3) is 2.06. The molecule has 2 unspecified atom stereocenters. The normalized spacial score (nSPS) is 23.8. The second-order valence-electron chi connectivity index (χ2n) is 6.49. The van der Waals surface area contributed by atoms with Crippen LogP contribution < -0.4 is 0 Å². The summed E-state index contributed by atoms with van der Waals surface area (Å²) < 4.78 is 1.58. The maximum atomic E-state index is 9.41. The Morgan fingerprint density at radius 2 is 1.88 bits per heavy atom. The predicted octanol–water partition coefficient (Wildman–Crippen LogP) is 3.95. The monoisotopic (exact) mass is 350 g/mol. The van der Waals surface area contributed by atoms with Crippen LogP contribution in [0.15, 0.2) is 45.8 Å². The van der Waals surface area contributed by atoms with Gasteiger partial charge in [-0.3, -0.25) is 0 Å². The number of nitriles is 1. The van der Waals surface area contributed by atoms with E-state index in [4.69, 9.17) is 5.10 Å². The third-order valence-corrected chi connectivity index (χ3v) is 6.61. The van der Waals surface area contributed by atoms with Gasteiger partial charge in [0.1, 0.15) is 5.71 Å². The minimum absolute atomic E-state index is 0.0219. The first-order valence-corrected chi connectivity index (χ1v) is 9.36. The van der Waals surface area contributed by atoms with Crippen molar-refractivity contribution in [2.75, 3.05) is 0 Å². The van der Waals surface area contributed by atoms with Gasteiger partial charge in [0.25, 0.3) is 0 Å². The molecule has 4 rings (SSSR count). The molecule has 1 fully saturated rings. The fourth-order valence-corrected chi connectivity index (χ4v) is 5.16. The molecule has 0 amide bonds. The van der Waals surface area contributed by atoms with E-state index in [-0.39, 0.29) is 17.0 Å². The molecule has 118 valence electrons. The van der Waals surface area contributed by atoms with Crippen molar-refractivity contribution in [3.8, 4) is 6.07 Å². The van der Waals surface area contributed by atoms with Gasteiger partial charge >= 0.3 is 5.70 Å². The summed E-state index contributed by atoms with van der Waals surface area (Å²) in [5.74, 6) is 2.60. The van der Waals surface area contributed by atoms with Crippen LogP contribution in [0.4, 0.5) is 0 Å². The van der Waals surface area contributed by atoms with Gasteiger partial charge in [-0.05, 0) is 33.0 Å². The van der Waals surface area contributed by atoms with E-state index < -0.39 is 0 Å². The number of rotatable bonds is 3. The Bertz CT molecular complexity index is 949. The minimum atomic E-state index is 0.0219. The highest BCUT2D eigenvalue weighted by Gasteiger charge is 2.69. The van der Waals surface area contributed by atoms with Gasteiger partial charge in [0, 0.05) is 11.0 Å². The zero-order chi connectivity index (χ0) is 16.9. The lowest BCUT2D eigenvalue weighted by atomic mass is 10.0. The molecule has 0 spiro atoms. The highest BCUT2D eigenvalue weighted by Crippen LogP contribution is 2.62. The van der Waals surface area contributed by atoms with Crippen molar-refractivity contribution in [3.63, 3.8) is 0 Å². The molecule has 0 aromatic carbocycles. The quantitative estimate of drug-likeness (QED) is 0.470. The Labute approximate surface area is 148 Å². The van der Waals surface area contributed by atoms with Crippen LogP contribution in [0.1, 0.15) is 23.6 Å². The number of hydrogen-bond acceptors (Lipinski definition) is 4. The summed E-state index contributed by atoms with van der Waals surface area (Å²) in [5.41, 5.74) is 2.06. The van der Waals surface area contributed by atoms with E-state index in [9.17, 15) is 10.7 Å². The maximum absolute atomic E-state index is 9.41. The Balaban J connectivity index is 2.00. The molecule has 0 saturated heterocycles. The minimum Gasteiger partial charge on any atom is -0.757 e. The number of allylic oxidation sites excluding steroid dienone is 1. The Morgan fingerprint density at radius 3 is 2.42 bits per heavy atom. The van der Waals surface area contributed by atoms with Crippen LogP contribution in [-0.4, -0.2) is 22.0 Å². The molecule has 0 bridgehead atoms. The average molecular weight is 350 g/mol. The van der Waals surface area contributed by atoms with Crippen molar-refractivity contribution >= 4 is 40.0 Å². The topological polar surface area (TPSA) is 61.5 Å². The Morgan fingerprint density at radius 1 is 1.21 bits per heavy atom. The standard InChI is InChI=1S/C18H14N4S2/c1-18(2)14-15(18)17(13-6-4-8-24-13)22(11(9-19)10-20)21-16(14)12-5-3-7-23-12/h3-8,14-15H,1-2H3. The van der Waals surface area contributed by atoms with E-state index in [2.05, 4.69) is 19.9 Å². The predicted molar refractivity (Wildman–Crippen MR) is 97.8 cm³/mol. The second-order valence-corrected chi connectivity index (χ2v) is 8.38. The van der Waals surface area contributed by atoms with Gasteiger partial charge in [0.15, 0.2) is 6.07 Å². The van der Waals surface area contributed by atoms with Crippen molar-refractivity contribution in [1.82, 2.24) is 0 Å². The van der Waals surface area contributed by atoms with Gasteiger partial charge in [-0.25, -0.2) is 0 Å². The SMILES string of the molecule is CC1(C)C2C(c3cccs3)=N[N+](C(=C=[N-])C#N)=C(c3cccs3)C21. The molecule has 3 heterocycles. The molecule has 2 atom stereocenters. The summed E-state index contributed by atoms with van der Waals surface area (Å²) >= 11 is 3.27. The zero-order valence-electron chi connectivity index (χ0n) is 13.2. The second kappa shape index (κ2) is 5.35. The van der Waals surface area contributed by atoms with Gasteiger partial charge in [0.05, 0.1) is 15.7 Å². The van der Waals surface area contributed by atoms with E-state index in [0.717, 1.165) is 21.2 Å². The van der Waals surface area contributed by atoms with Crippen molar-refractivity contribution in [3.05, 3.63) is 55.9 Å². The van der Waals surface area contributed by atoms with Crippen LogP contribution in [-0.2, 0) is 0 Å². The summed E-state index contributed by atoms with van der Waals surface area (Å²) in [6.45, 7) is 4.47. The molecule has 1 aliphatic carbocycles. The Hall–Kier alpha value is -2.32. The molecule has 0 N–H and O–H groups in total. The van der Waals surface area contributed by atoms with E-state index in [1.54, 1.807) is 27.4 Å². The fraction of sp³-hybridized carbons (Fsp3) is 0.278. The zero-order valence-corrected chi connectivity index (χ0v) is 14.9. The van der Waals surface area contributed by atoms with Crippen molar-refractivity contribution < 1.29 is 4.68 Å². The lowest BCUT2D eigenvalue weighted by molar-refractivity contribution is -0.476. The smallest absolute Gasteiger partial charge is 0.335 e. The first-order valence-electron chi connectivity index (χ1n) is 7.60. The first kappa shape index (κ1) is 15.2. The molecular formula is C18H14N4S2. The molecule has 1 saturated carbocycles. The maximum Gasteiger partial charge on any atom is 0.335 e. The highest BCUT2D eigenvalue weighted by atomic mass is 32.1. The van der Waals surface area contributed by atoms with Gasteiger partial charge in [-0.15, -0.1) is 22.7 Å². The van der Waals surface area contributed by atoms with Crippen LogP contribution in [0.25, 0.3) is 5.41 Å². The van der Waals surface area contributed by atoms with Crippen LogP contribution in [0.3, 0.4) is 0 Å². The fourth-order valence-electron chi connectivity index (χ4n) is 3.61. The highest BCUT2D eigenvalue weighted by molar-refractivity contribution is 7.12. The Kier molecular flexibility index (Phi) is 3.40. The molecule has 6 heteroatoms. The van der Waals surface area contributed by atoms with Crippen LogP contribution >= 0.6 is 22.7 Å². The molecular weight excluding hydrogens is 336 g/mol. The molecule has 2 aromatic heterocycles.